The smallest absolute Gasteiger partial charge is 0.371 e. The molecule has 0 bridgehead atoms. The standard InChI is InChI=1S/C10H8O5/c11-10(12)8-3-4-9(15-8)14-6-7-2-1-5-13-7/h1-5H,6H2,(H,11,12). The SMILES string of the molecule is O=C(O)c1ccc(OCc2ccco2)o1. The van der Waals surface area contributed by atoms with Crippen molar-refractivity contribution in [2.24, 2.45) is 0 Å². The lowest BCUT2D eigenvalue weighted by molar-refractivity contribution is 0.0652. The lowest BCUT2D eigenvalue weighted by Crippen LogP contribution is -1.93. The van der Waals surface area contributed by atoms with Crippen LogP contribution in [-0.4, -0.2) is 11.1 Å². The van der Waals surface area contributed by atoms with E-state index in [1.807, 2.05) is 0 Å². The Hall–Kier alpha value is -2.17. The molecule has 0 aliphatic rings. The molecule has 2 heterocycles. The molecule has 0 saturated heterocycles. The number of carbonyl (C=O) groups is 1. The number of carboxylic acids is 1. The molecule has 2 aromatic rings. The molecule has 0 aliphatic carbocycles. The largest absolute Gasteiger partial charge is 0.475 e. The maximum absolute atomic E-state index is 10.5. The van der Waals surface area contributed by atoms with Gasteiger partial charge >= 0.3 is 5.97 Å². The minimum Gasteiger partial charge on any atom is -0.475 e. The van der Waals surface area contributed by atoms with Gasteiger partial charge in [-0.25, -0.2) is 4.79 Å². The zero-order valence-electron chi connectivity index (χ0n) is 7.67. The van der Waals surface area contributed by atoms with Crippen molar-refractivity contribution >= 4 is 5.97 Å². The molecule has 2 aromatic heterocycles. The average Bonchev–Trinajstić information content (AvgIpc) is 2.86. The van der Waals surface area contributed by atoms with Gasteiger partial charge in [-0.05, 0) is 18.2 Å². The highest BCUT2D eigenvalue weighted by molar-refractivity contribution is 5.84. The number of hydrogen-bond donors (Lipinski definition) is 1. The summed E-state index contributed by atoms with van der Waals surface area (Å²) in [6.45, 7) is 0.208. The van der Waals surface area contributed by atoms with Crippen LogP contribution < -0.4 is 4.74 Å². The fourth-order valence-corrected chi connectivity index (χ4v) is 1.05. The second-order valence-electron chi connectivity index (χ2n) is 2.79. The van der Waals surface area contributed by atoms with Crippen LogP contribution in [0.25, 0.3) is 0 Å². The number of aromatic carboxylic acids is 1. The van der Waals surface area contributed by atoms with Crippen molar-refractivity contribution in [3.8, 4) is 5.95 Å². The average molecular weight is 208 g/mol. The lowest BCUT2D eigenvalue weighted by atomic mass is 10.5. The third-order valence-electron chi connectivity index (χ3n) is 1.73. The third kappa shape index (κ3) is 2.19. The predicted octanol–water partition coefficient (Wildman–Crippen LogP) is 2.15. The number of carboxylic acid groups (broad SMARTS) is 1. The molecule has 0 unspecified atom stereocenters. The van der Waals surface area contributed by atoms with Crippen molar-refractivity contribution in [3.63, 3.8) is 0 Å². The minimum absolute atomic E-state index is 0.149. The van der Waals surface area contributed by atoms with Crippen LogP contribution in [-0.2, 0) is 6.61 Å². The van der Waals surface area contributed by atoms with Crippen LogP contribution in [0.5, 0.6) is 5.95 Å². The normalized spacial score (nSPS) is 10.1. The first kappa shape index (κ1) is 9.39. The van der Waals surface area contributed by atoms with Crippen LogP contribution in [0.4, 0.5) is 0 Å². The molecule has 0 fully saturated rings. The second-order valence-corrected chi connectivity index (χ2v) is 2.79. The number of hydrogen-bond acceptors (Lipinski definition) is 4. The van der Waals surface area contributed by atoms with Crippen molar-refractivity contribution in [2.75, 3.05) is 0 Å². The van der Waals surface area contributed by atoms with E-state index in [2.05, 4.69) is 0 Å². The molecule has 5 nitrogen and oxygen atoms in total. The molecule has 0 aliphatic heterocycles. The molecule has 78 valence electrons. The summed E-state index contributed by atoms with van der Waals surface area (Å²) >= 11 is 0. The Balaban J connectivity index is 1.96. The zero-order valence-corrected chi connectivity index (χ0v) is 7.67. The molecule has 0 radical (unpaired) electrons. The fourth-order valence-electron chi connectivity index (χ4n) is 1.05. The van der Waals surface area contributed by atoms with Gasteiger partial charge in [-0.3, -0.25) is 0 Å². The predicted molar refractivity (Wildman–Crippen MR) is 48.7 cm³/mol. The van der Waals surface area contributed by atoms with Crippen LogP contribution in [0.15, 0.2) is 39.4 Å². The van der Waals surface area contributed by atoms with E-state index >= 15 is 0 Å². The second kappa shape index (κ2) is 3.91. The Kier molecular flexibility index (Phi) is 2.45. The first-order valence-electron chi connectivity index (χ1n) is 4.24. The molecule has 5 heteroatoms. The molecular weight excluding hydrogens is 200 g/mol. The maximum atomic E-state index is 10.5. The molecule has 1 N–H and O–H groups in total. The monoisotopic (exact) mass is 208 g/mol. The fraction of sp³-hybridized carbons (Fsp3) is 0.100. The summed E-state index contributed by atoms with van der Waals surface area (Å²) in [4.78, 5) is 10.5. The van der Waals surface area contributed by atoms with Crippen LogP contribution in [0, 0.1) is 0 Å². The van der Waals surface area contributed by atoms with E-state index in [0.717, 1.165) is 0 Å². The highest BCUT2D eigenvalue weighted by Gasteiger charge is 2.09. The number of rotatable bonds is 4. The van der Waals surface area contributed by atoms with E-state index in [-0.39, 0.29) is 18.3 Å². The van der Waals surface area contributed by atoms with Gasteiger partial charge in [0.15, 0.2) is 0 Å². The summed E-state index contributed by atoms with van der Waals surface area (Å²) in [7, 11) is 0. The van der Waals surface area contributed by atoms with Gasteiger partial charge in [0, 0.05) is 6.07 Å². The molecule has 0 aromatic carbocycles. The summed E-state index contributed by atoms with van der Waals surface area (Å²) < 4.78 is 15.1. The van der Waals surface area contributed by atoms with Gasteiger partial charge < -0.3 is 18.7 Å². The summed E-state index contributed by atoms with van der Waals surface area (Å²) in [5, 5.41) is 8.58. The van der Waals surface area contributed by atoms with Crippen molar-refractivity contribution < 1.29 is 23.5 Å². The Morgan fingerprint density at radius 2 is 2.27 bits per heavy atom. The lowest BCUT2D eigenvalue weighted by Gasteiger charge is -1.98. The van der Waals surface area contributed by atoms with E-state index in [1.165, 1.54) is 18.4 Å². The van der Waals surface area contributed by atoms with Gasteiger partial charge in [0.25, 0.3) is 5.95 Å². The van der Waals surface area contributed by atoms with Gasteiger partial charge in [0.05, 0.1) is 6.26 Å². The number of ether oxygens (including phenoxy) is 1. The number of furan rings is 2. The van der Waals surface area contributed by atoms with Gasteiger partial charge in [-0.1, -0.05) is 0 Å². The Labute approximate surface area is 84.9 Å². The molecule has 15 heavy (non-hydrogen) atoms. The highest BCUT2D eigenvalue weighted by Crippen LogP contribution is 2.17. The van der Waals surface area contributed by atoms with Crippen molar-refractivity contribution in [2.45, 2.75) is 6.61 Å². The van der Waals surface area contributed by atoms with Gasteiger partial charge in [0.2, 0.25) is 5.76 Å². The Morgan fingerprint density at radius 1 is 1.40 bits per heavy atom. The quantitative estimate of drug-likeness (QED) is 0.833. The maximum Gasteiger partial charge on any atom is 0.371 e. The van der Waals surface area contributed by atoms with E-state index in [0.29, 0.717) is 5.76 Å². The molecule has 0 spiro atoms. The molecule has 0 amide bonds. The minimum atomic E-state index is -1.12. The van der Waals surface area contributed by atoms with E-state index in [1.54, 1.807) is 12.1 Å². The third-order valence-corrected chi connectivity index (χ3v) is 1.73. The Bertz CT molecular complexity index is 440. The van der Waals surface area contributed by atoms with Gasteiger partial charge in [-0.15, -0.1) is 0 Å². The van der Waals surface area contributed by atoms with Gasteiger partial charge in [0.1, 0.15) is 12.4 Å². The van der Waals surface area contributed by atoms with Crippen LogP contribution in [0.2, 0.25) is 0 Å². The summed E-state index contributed by atoms with van der Waals surface area (Å²) in [5.74, 6) is -0.473. The van der Waals surface area contributed by atoms with Crippen LogP contribution in [0.3, 0.4) is 0 Å². The van der Waals surface area contributed by atoms with Crippen LogP contribution in [0.1, 0.15) is 16.3 Å². The summed E-state index contributed by atoms with van der Waals surface area (Å²) in [5.41, 5.74) is 0. The van der Waals surface area contributed by atoms with Crippen LogP contribution >= 0.6 is 0 Å². The molecule has 0 atom stereocenters. The molecule has 2 rings (SSSR count). The van der Waals surface area contributed by atoms with Crippen molar-refractivity contribution in [1.29, 1.82) is 0 Å². The molecular formula is C10H8O5. The van der Waals surface area contributed by atoms with E-state index in [4.69, 9.17) is 18.7 Å². The highest BCUT2D eigenvalue weighted by atomic mass is 16.6. The zero-order chi connectivity index (χ0) is 10.7. The van der Waals surface area contributed by atoms with E-state index in [9.17, 15) is 4.79 Å². The summed E-state index contributed by atoms with van der Waals surface area (Å²) in [6, 6.07) is 6.27. The molecule has 0 saturated carbocycles. The first-order valence-corrected chi connectivity index (χ1v) is 4.24. The topological polar surface area (TPSA) is 72.8 Å². The Morgan fingerprint density at radius 3 is 2.87 bits per heavy atom. The van der Waals surface area contributed by atoms with Gasteiger partial charge in [-0.2, -0.15) is 0 Å². The first-order chi connectivity index (χ1) is 7.25. The summed E-state index contributed by atoms with van der Waals surface area (Å²) in [6.07, 6.45) is 1.53. The van der Waals surface area contributed by atoms with Crippen molar-refractivity contribution in [1.82, 2.24) is 0 Å². The van der Waals surface area contributed by atoms with Crippen molar-refractivity contribution in [3.05, 3.63) is 42.0 Å². The van der Waals surface area contributed by atoms with E-state index < -0.39 is 5.97 Å².